The molecule has 0 aromatic rings. The van der Waals surface area contributed by atoms with Crippen LogP contribution in [0.1, 0.15) is 0 Å². The Kier molecular flexibility index (Phi) is 10.5. The number of hydroxylamine groups is 3. The summed E-state index contributed by atoms with van der Waals surface area (Å²) in [6.07, 6.45) is 0. The van der Waals surface area contributed by atoms with Crippen LogP contribution in [0.25, 0.3) is 0 Å². The van der Waals surface area contributed by atoms with Crippen molar-refractivity contribution in [2.45, 2.75) is 0 Å². The van der Waals surface area contributed by atoms with Gasteiger partial charge in [-0.15, -0.1) is 0 Å². The number of hydrogen-bond acceptors (Lipinski definition) is 7. The molecule has 1 unspecified atom stereocenters. The van der Waals surface area contributed by atoms with Gasteiger partial charge in [-0.05, 0) is 0 Å². The van der Waals surface area contributed by atoms with Gasteiger partial charge in [0.1, 0.15) is 0 Å². The van der Waals surface area contributed by atoms with Crippen molar-refractivity contribution in [1.29, 1.82) is 0 Å². The molecule has 1 atom stereocenters. The molecule has 14 heavy (non-hydrogen) atoms. The second-order valence-corrected chi connectivity index (χ2v) is 2.48. The van der Waals surface area contributed by atoms with Gasteiger partial charge in [0.15, 0.2) is 6.67 Å². The summed E-state index contributed by atoms with van der Waals surface area (Å²) in [6, 6.07) is 0. The van der Waals surface area contributed by atoms with Crippen LogP contribution < -0.4 is 26.9 Å². The molecule has 86 valence electrons. The van der Waals surface area contributed by atoms with E-state index in [0.717, 1.165) is 0 Å². The van der Waals surface area contributed by atoms with E-state index in [-0.39, 0.29) is 6.67 Å². The minimum absolute atomic E-state index is 0.00938. The van der Waals surface area contributed by atoms with Crippen LogP contribution in [0.4, 0.5) is 0 Å². The van der Waals surface area contributed by atoms with Gasteiger partial charge in [0.2, 0.25) is 0 Å². The summed E-state index contributed by atoms with van der Waals surface area (Å²) in [7, 11) is 1.70. The van der Waals surface area contributed by atoms with E-state index in [9.17, 15) is 5.21 Å². The van der Waals surface area contributed by atoms with Crippen molar-refractivity contribution < 1.29 is 15.3 Å². The Balaban J connectivity index is 2.85. The summed E-state index contributed by atoms with van der Waals surface area (Å²) in [6.45, 7) is 2.50. The first-order chi connectivity index (χ1) is 6.77. The lowest BCUT2D eigenvalue weighted by Gasteiger charge is -2.13. The summed E-state index contributed by atoms with van der Waals surface area (Å²) in [5, 5.41) is 20.3. The SMILES string of the molecule is CNOCCNNCCNC[NH+]([O-])O. The van der Waals surface area contributed by atoms with E-state index in [1.807, 2.05) is 0 Å². The van der Waals surface area contributed by atoms with Gasteiger partial charge in [-0.25, -0.2) is 15.9 Å². The number of quaternary nitrogens is 1. The first-order valence-electron chi connectivity index (χ1n) is 4.44. The molecule has 0 amide bonds. The first kappa shape index (κ1) is 13.7. The van der Waals surface area contributed by atoms with Crippen molar-refractivity contribution in [3.8, 4) is 0 Å². The lowest BCUT2D eigenvalue weighted by Crippen LogP contribution is -3.06. The Labute approximate surface area is 83.1 Å². The van der Waals surface area contributed by atoms with Crippen LogP contribution in [0.15, 0.2) is 0 Å². The lowest BCUT2D eigenvalue weighted by atomic mass is 10.6. The number of hydrazine groups is 1. The molecule has 8 nitrogen and oxygen atoms in total. The summed E-state index contributed by atoms with van der Waals surface area (Å²) < 4.78 is 0. The van der Waals surface area contributed by atoms with Crippen molar-refractivity contribution in [2.24, 2.45) is 0 Å². The van der Waals surface area contributed by atoms with Gasteiger partial charge in [0, 0.05) is 26.7 Å². The predicted octanol–water partition coefficient (Wildman–Crippen LogP) is -3.45. The Bertz CT molecular complexity index is 116. The quantitative estimate of drug-likeness (QED) is 0.126. The molecule has 0 aliphatic heterocycles. The second-order valence-electron chi connectivity index (χ2n) is 2.48. The zero-order valence-electron chi connectivity index (χ0n) is 8.30. The second kappa shape index (κ2) is 10.8. The van der Waals surface area contributed by atoms with Crippen molar-refractivity contribution in [3.63, 3.8) is 0 Å². The van der Waals surface area contributed by atoms with Gasteiger partial charge in [-0.3, -0.25) is 16.2 Å². The van der Waals surface area contributed by atoms with Crippen LogP contribution in [0, 0.1) is 5.21 Å². The zero-order chi connectivity index (χ0) is 10.6. The Hall–Kier alpha value is -0.320. The van der Waals surface area contributed by atoms with Gasteiger partial charge in [0.25, 0.3) is 0 Å². The van der Waals surface area contributed by atoms with Crippen LogP contribution in [0.3, 0.4) is 0 Å². The number of nitrogens with one attached hydrogen (secondary N) is 5. The summed E-state index contributed by atoms with van der Waals surface area (Å²) >= 11 is 0. The van der Waals surface area contributed by atoms with Crippen LogP contribution in [-0.2, 0) is 4.84 Å². The molecule has 0 heterocycles. The molecule has 0 saturated carbocycles. The minimum Gasteiger partial charge on any atom is -0.599 e. The largest absolute Gasteiger partial charge is 0.599 e. The number of hydrogen-bond donors (Lipinski definition) is 6. The molecule has 0 bridgehead atoms. The first-order valence-corrected chi connectivity index (χ1v) is 4.44. The van der Waals surface area contributed by atoms with Crippen LogP contribution in [-0.4, -0.2) is 45.2 Å². The van der Waals surface area contributed by atoms with Gasteiger partial charge >= 0.3 is 0 Å². The maximum atomic E-state index is 10.1. The standard InChI is InChI=1S/C6H19N5O3/c1-7-14-5-4-10-9-3-2-8-6-11(12)13/h7-12H,2-6H2,1H3. The molecule has 0 fully saturated rings. The van der Waals surface area contributed by atoms with E-state index in [2.05, 4.69) is 21.6 Å². The average Bonchev–Trinajstić information content (AvgIpc) is 2.15. The van der Waals surface area contributed by atoms with Crippen molar-refractivity contribution >= 4 is 0 Å². The van der Waals surface area contributed by atoms with E-state index in [4.69, 9.17) is 10.0 Å². The minimum atomic E-state index is -0.847. The average molecular weight is 209 g/mol. The summed E-state index contributed by atoms with van der Waals surface area (Å²) in [5.41, 5.74) is 8.36. The highest BCUT2D eigenvalue weighted by molar-refractivity contribution is 4.44. The monoisotopic (exact) mass is 209 g/mol. The normalized spacial score (nSPS) is 13.1. The van der Waals surface area contributed by atoms with Gasteiger partial charge in [-0.2, -0.15) is 0 Å². The van der Waals surface area contributed by atoms with E-state index >= 15 is 0 Å². The fourth-order valence-electron chi connectivity index (χ4n) is 0.727. The molecular formula is C6H19N5O3. The third-order valence-electron chi connectivity index (χ3n) is 1.30. The maximum absolute atomic E-state index is 10.1. The van der Waals surface area contributed by atoms with Gasteiger partial charge in [0.05, 0.1) is 6.61 Å². The Morgan fingerprint density at radius 1 is 1.29 bits per heavy atom. The highest BCUT2D eigenvalue weighted by atomic mass is 16.8. The molecule has 0 aliphatic carbocycles. The van der Waals surface area contributed by atoms with Crippen LogP contribution in [0.5, 0.6) is 0 Å². The van der Waals surface area contributed by atoms with E-state index in [1.54, 1.807) is 7.05 Å². The molecule has 0 rings (SSSR count). The van der Waals surface area contributed by atoms with E-state index < -0.39 is 5.23 Å². The Morgan fingerprint density at radius 2 is 2.00 bits per heavy atom. The summed E-state index contributed by atoms with van der Waals surface area (Å²) in [5.74, 6) is 0. The van der Waals surface area contributed by atoms with Crippen LogP contribution in [0.2, 0.25) is 0 Å². The molecule has 8 heteroatoms. The molecular weight excluding hydrogens is 190 g/mol. The van der Waals surface area contributed by atoms with Gasteiger partial charge < -0.3 is 10.0 Å². The fraction of sp³-hybridized carbons (Fsp3) is 1.00. The third-order valence-corrected chi connectivity index (χ3v) is 1.30. The number of rotatable bonds is 10. The molecule has 0 saturated heterocycles. The lowest BCUT2D eigenvalue weighted by molar-refractivity contribution is -1.05. The van der Waals surface area contributed by atoms with E-state index in [0.29, 0.717) is 26.2 Å². The topological polar surface area (TPSA) is 105 Å². The third kappa shape index (κ3) is 11.7. The van der Waals surface area contributed by atoms with Crippen molar-refractivity contribution in [2.75, 3.05) is 40.0 Å². The summed E-state index contributed by atoms with van der Waals surface area (Å²) in [4.78, 5) is 4.85. The van der Waals surface area contributed by atoms with E-state index in [1.165, 1.54) is 0 Å². The predicted molar refractivity (Wildman–Crippen MR) is 50.0 cm³/mol. The van der Waals surface area contributed by atoms with Gasteiger partial charge in [-0.1, -0.05) is 0 Å². The van der Waals surface area contributed by atoms with Crippen LogP contribution >= 0.6 is 0 Å². The molecule has 0 aliphatic rings. The maximum Gasteiger partial charge on any atom is 0.160 e. The molecule has 0 radical (unpaired) electrons. The van der Waals surface area contributed by atoms with Crippen molar-refractivity contribution in [1.82, 2.24) is 21.6 Å². The smallest absolute Gasteiger partial charge is 0.160 e. The molecule has 0 spiro atoms. The fourth-order valence-corrected chi connectivity index (χ4v) is 0.727. The molecule has 0 aromatic heterocycles. The van der Waals surface area contributed by atoms with Crippen molar-refractivity contribution in [3.05, 3.63) is 5.21 Å². The highest BCUT2D eigenvalue weighted by Crippen LogP contribution is 1.60. The Morgan fingerprint density at radius 3 is 2.64 bits per heavy atom. The molecule has 0 aromatic carbocycles. The highest BCUT2D eigenvalue weighted by Gasteiger charge is 1.90. The molecule has 6 N–H and O–H groups in total. The zero-order valence-corrected chi connectivity index (χ0v) is 8.30.